The van der Waals surface area contributed by atoms with Crippen molar-refractivity contribution in [1.29, 1.82) is 0 Å². The molecule has 1 aliphatic rings. The van der Waals surface area contributed by atoms with Crippen LogP contribution < -0.4 is 14.8 Å². The van der Waals surface area contributed by atoms with E-state index in [0.717, 1.165) is 29.4 Å². The predicted octanol–water partition coefficient (Wildman–Crippen LogP) is 3.75. The lowest BCUT2D eigenvalue weighted by Crippen LogP contribution is -2.40. The van der Waals surface area contributed by atoms with Gasteiger partial charge in [0.15, 0.2) is 11.5 Å². The molecule has 0 spiro atoms. The smallest absolute Gasteiger partial charge is 0.161 e. The van der Waals surface area contributed by atoms with E-state index in [0.29, 0.717) is 24.1 Å². The third-order valence-corrected chi connectivity index (χ3v) is 6.48. The Morgan fingerprint density at radius 1 is 1.23 bits per heavy atom. The minimum absolute atomic E-state index is 0.258. The Labute approximate surface area is 184 Å². The van der Waals surface area contributed by atoms with E-state index in [1.54, 1.807) is 18.4 Å². The van der Waals surface area contributed by atoms with Crippen LogP contribution in [0.5, 0.6) is 11.5 Å². The zero-order valence-corrected chi connectivity index (χ0v) is 19.2. The number of aliphatic hydroxyl groups is 1. The summed E-state index contributed by atoms with van der Waals surface area (Å²) in [6, 6.07) is 6.51. The summed E-state index contributed by atoms with van der Waals surface area (Å²) in [4.78, 5) is 6.75. The number of ether oxygens (including phenoxy) is 2. The fourth-order valence-corrected chi connectivity index (χ4v) is 4.62. The molecule has 1 atom stereocenters. The molecule has 1 heterocycles. The van der Waals surface area contributed by atoms with Gasteiger partial charge in [-0.2, -0.15) is 0 Å². The van der Waals surface area contributed by atoms with E-state index in [-0.39, 0.29) is 6.61 Å². The fraction of sp³-hybridized carbons (Fsp3) is 0.609. The number of aryl methyl sites for hydroxylation is 1. The first-order chi connectivity index (χ1) is 14.5. The topological polar surface area (TPSA) is 66.8 Å². The summed E-state index contributed by atoms with van der Waals surface area (Å²) < 4.78 is 11.4. The van der Waals surface area contributed by atoms with Crippen LogP contribution in [0.2, 0.25) is 0 Å². The van der Waals surface area contributed by atoms with Crippen LogP contribution in [0.1, 0.15) is 48.4 Å². The molecule has 1 aliphatic carbocycles. The maximum Gasteiger partial charge on any atom is 0.161 e. The van der Waals surface area contributed by atoms with Gasteiger partial charge in [-0.3, -0.25) is 0 Å². The quantitative estimate of drug-likeness (QED) is 0.563. The number of aromatic nitrogens is 1. The van der Waals surface area contributed by atoms with Gasteiger partial charge in [0.25, 0.3) is 0 Å². The second kappa shape index (κ2) is 11.6. The van der Waals surface area contributed by atoms with Crippen molar-refractivity contribution in [3.05, 3.63) is 39.8 Å². The van der Waals surface area contributed by atoms with Gasteiger partial charge >= 0.3 is 0 Å². The lowest BCUT2D eigenvalue weighted by Gasteiger charge is -2.32. The first kappa shape index (κ1) is 23.0. The Morgan fingerprint density at radius 3 is 2.73 bits per heavy atom. The summed E-state index contributed by atoms with van der Waals surface area (Å²) >= 11 is 1.67. The van der Waals surface area contributed by atoms with Gasteiger partial charge in [0.05, 0.1) is 17.8 Å². The van der Waals surface area contributed by atoms with Crippen LogP contribution in [0, 0.1) is 6.92 Å². The SMILES string of the molecule is COc1cc(CNCc2csc(C)n2)ccc1OC[C@H](O)CN(C)C1CCCCC1. The summed E-state index contributed by atoms with van der Waals surface area (Å²) in [6.07, 6.45) is 5.87. The first-order valence-electron chi connectivity index (χ1n) is 10.8. The second-order valence-corrected chi connectivity index (χ2v) is 9.21. The maximum atomic E-state index is 10.4. The van der Waals surface area contributed by atoms with E-state index in [2.05, 4.69) is 27.6 Å². The monoisotopic (exact) mass is 433 g/mol. The van der Waals surface area contributed by atoms with Crippen molar-refractivity contribution >= 4 is 11.3 Å². The van der Waals surface area contributed by atoms with Crippen LogP contribution in [-0.4, -0.2) is 54.4 Å². The zero-order chi connectivity index (χ0) is 21.3. The van der Waals surface area contributed by atoms with E-state index in [1.165, 1.54) is 32.1 Å². The van der Waals surface area contributed by atoms with Crippen LogP contribution in [0.25, 0.3) is 0 Å². The standard InChI is InChI=1S/C23H35N3O3S/c1-17-25-19(16-30-17)13-24-12-18-9-10-22(23(11-18)28-3)29-15-21(27)14-26(2)20-7-5-4-6-8-20/h9-11,16,20-21,24,27H,4-8,12-15H2,1-3H3/t21-/m1/s1. The molecule has 30 heavy (non-hydrogen) atoms. The Balaban J connectivity index is 1.45. The fourth-order valence-electron chi connectivity index (χ4n) is 4.01. The molecule has 0 radical (unpaired) electrons. The maximum absolute atomic E-state index is 10.4. The molecule has 2 N–H and O–H groups in total. The predicted molar refractivity (Wildman–Crippen MR) is 121 cm³/mol. The molecule has 1 fully saturated rings. The van der Waals surface area contributed by atoms with Crippen LogP contribution in [0.15, 0.2) is 23.6 Å². The number of nitrogens with zero attached hydrogens (tertiary/aromatic N) is 2. The Hall–Kier alpha value is -1.67. The summed E-state index contributed by atoms with van der Waals surface area (Å²) in [5.41, 5.74) is 2.18. The first-order valence-corrected chi connectivity index (χ1v) is 11.7. The number of aliphatic hydroxyl groups excluding tert-OH is 1. The van der Waals surface area contributed by atoms with E-state index in [1.807, 2.05) is 25.1 Å². The summed E-state index contributed by atoms with van der Waals surface area (Å²) in [6.45, 7) is 4.37. The molecule has 2 aromatic rings. The Kier molecular flexibility index (Phi) is 8.93. The number of hydrogen-bond acceptors (Lipinski definition) is 7. The normalized spacial score (nSPS) is 16.0. The molecular weight excluding hydrogens is 398 g/mol. The van der Waals surface area contributed by atoms with Gasteiger partial charge in [-0.1, -0.05) is 25.3 Å². The van der Waals surface area contributed by atoms with Gasteiger partial charge < -0.3 is 24.8 Å². The van der Waals surface area contributed by atoms with E-state index < -0.39 is 6.10 Å². The van der Waals surface area contributed by atoms with Crippen LogP contribution in [0.3, 0.4) is 0 Å². The van der Waals surface area contributed by atoms with Crippen molar-refractivity contribution in [1.82, 2.24) is 15.2 Å². The minimum atomic E-state index is -0.524. The van der Waals surface area contributed by atoms with Gasteiger partial charge in [-0.05, 0) is 44.5 Å². The molecule has 0 amide bonds. The highest BCUT2D eigenvalue weighted by Crippen LogP contribution is 2.28. The highest BCUT2D eigenvalue weighted by Gasteiger charge is 2.20. The molecule has 1 aromatic heterocycles. The number of likely N-dealkylation sites (N-methyl/N-ethyl adjacent to an activating group) is 1. The van der Waals surface area contributed by atoms with E-state index in [4.69, 9.17) is 9.47 Å². The number of nitrogens with one attached hydrogen (secondary N) is 1. The number of thiazole rings is 1. The van der Waals surface area contributed by atoms with Crippen molar-refractivity contribution in [3.63, 3.8) is 0 Å². The van der Waals surface area contributed by atoms with Crippen molar-refractivity contribution in [2.45, 2.75) is 64.3 Å². The third-order valence-electron chi connectivity index (χ3n) is 5.66. The molecule has 0 aliphatic heterocycles. The minimum Gasteiger partial charge on any atom is -0.493 e. The lowest BCUT2D eigenvalue weighted by molar-refractivity contribution is 0.0553. The summed E-state index contributed by atoms with van der Waals surface area (Å²) in [5.74, 6) is 1.35. The van der Waals surface area contributed by atoms with Gasteiger partial charge in [0, 0.05) is 31.1 Å². The molecule has 0 saturated heterocycles. The molecule has 3 rings (SSSR count). The molecule has 1 saturated carbocycles. The average molecular weight is 434 g/mol. The van der Waals surface area contributed by atoms with Gasteiger partial charge in [0.1, 0.15) is 12.7 Å². The molecule has 166 valence electrons. The van der Waals surface area contributed by atoms with Crippen molar-refractivity contribution in [3.8, 4) is 11.5 Å². The van der Waals surface area contributed by atoms with Crippen molar-refractivity contribution < 1.29 is 14.6 Å². The molecule has 6 nitrogen and oxygen atoms in total. The number of rotatable bonds is 11. The van der Waals surface area contributed by atoms with Crippen molar-refractivity contribution in [2.24, 2.45) is 0 Å². The van der Waals surface area contributed by atoms with Crippen LogP contribution in [0.4, 0.5) is 0 Å². The highest BCUT2D eigenvalue weighted by molar-refractivity contribution is 7.09. The Bertz CT molecular complexity index is 777. The number of methoxy groups -OCH3 is 1. The Morgan fingerprint density at radius 2 is 2.03 bits per heavy atom. The summed E-state index contributed by atoms with van der Waals surface area (Å²) in [5, 5.41) is 17.0. The second-order valence-electron chi connectivity index (χ2n) is 8.14. The molecule has 0 bridgehead atoms. The van der Waals surface area contributed by atoms with Crippen LogP contribution >= 0.6 is 11.3 Å². The molecule has 1 aromatic carbocycles. The molecule has 7 heteroatoms. The third kappa shape index (κ3) is 6.94. The number of hydrogen-bond donors (Lipinski definition) is 2. The number of benzene rings is 1. The zero-order valence-electron chi connectivity index (χ0n) is 18.4. The van der Waals surface area contributed by atoms with Gasteiger partial charge in [-0.15, -0.1) is 11.3 Å². The molecular formula is C23H35N3O3S. The van der Waals surface area contributed by atoms with Gasteiger partial charge in [0.2, 0.25) is 0 Å². The highest BCUT2D eigenvalue weighted by atomic mass is 32.1. The van der Waals surface area contributed by atoms with Gasteiger partial charge in [-0.25, -0.2) is 4.98 Å². The van der Waals surface area contributed by atoms with Crippen molar-refractivity contribution in [2.75, 3.05) is 27.3 Å². The molecule has 0 unspecified atom stereocenters. The average Bonchev–Trinajstić information content (AvgIpc) is 3.18. The summed E-state index contributed by atoms with van der Waals surface area (Å²) in [7, 11) is 3.75. The van der Waals surface area contributed by atoms with Crippen LogP contribution in [-0.2, 0) is 13.1 Å². The lowest BCUT2D eigenvalue weighted by atomic mass is 9.94. The van der Waals surface area contributed by atoms with E-state index >= 15 is 0 Å². The van der Waals surface area contributed by atoms with E-state index in [9.17, 15) is 5.11 Å². The largest absolute Gasteiger partial charge is 0.493 e.